The van der Waals surface area contributed by atoms with Gasteiger partial charge in [0.25, 0.3) is 0 Å². The van der Waals surface area contributed by atoms with Crippen LogP contribution in [0.4, 0.5) is 19.0 Å². The van der Waals surface area contributed by atoms with Gasteiger partial charge < -0.3 is 4.90 Å². The molecule has 9 heteroatoms. The Balaban J connectivity index is 1.60. The number of alkyl halides is 3. The molecule has 0 bridgehead atoms. The van der Waals surface area contributed by atoms with Crippen molar-refractivity contribution in [1.82, 2.24) is 25.1 Å². The summed E-state index contributed by atoms with van der Waals surface area (Å²) in [7, 11) is 0. The standard InChI is InChI=1S/C14H17F3N6/c1-10-19-12(21-20-10)9-22-4-6-23(7-5-22)13-8-11(2-3-18-13)14(15,16)17/h2-3,8H,4-7,9H2,1H3,(H,19,20,21). The summed E-state index contributed by atoms with van der Waals surface area (Å²) >= 11 is 0. The first-order chi connectivity index (χ1) is 10.9. The highest BCUT2D eigenvalue weighted by Gasteiger charge is 2.31. The minimum absolute atomic E-state index is 0.369. The van der Waals surface area contributed by atoms with Gasteiger partial charge >= 0.3 is 6.18 Å². The Hall–Kier alpha value is -2.16. The fourth-order valence-electron chi connectivity index (χ4n) is 2.56. The Bertz CT molecular complexity index is 661. The summed E-state index contributed by atoms with van der Waals surface area (Å²) in [5, 5.41) is 6.90. The third kappa shape index (κ3) is 3.79. The maximum absolute atomic E-state index is 12.8. The number of piperazine rings is 1. The van der Waals surface area contributed by atoms with E-state index in [9.17, 15) is 13.2 Å². The van der Waals surface area contributed by atoms with Crippen molar-refractivity contribution in [3.63, 3.8) is 0 Å². The molecule has 0 aromatic carbocycles. The summed E-state index contributed by atoms with van der Waals surface area (Å²) < 4.78 is 38.3. The predicted octanol–water partition coefficient (Wildman–Crippen LogP) is 1.85. The van der Waals surface area contributed by atoms with Crippen molar-refractivity contribution in [1.29, 1.82) is 0 Å². The molecular weight excluding hydrogens is 309 g/mol. The van der Waals surface area contributed by atoms with Gasteiger partial charge in [0.2, 0.25) is 0 Å². The lowest BCUT2D eigenvalue weighted by Crippen LogP contribution is -2.46. The van der Waals surface area contributed by atoms with E-state index in [1.807, 2.05) is 11.8 Å². The number of nitrogens with zero attached hydrogens (tertiary/aromatic N) is 5. The highest BCUT2D eigenvalue weighted by atomic mass is 19.4. The molecule has 0 radical (unpaired) electrons. The van der Waals surface area contributed by atoms with Crippen LogP contribution in [0.2, 0.25) is 0 Å². The van der Waals surface area contributed by atoms with Crippen molar-refractivity contribution in [3.8, 4) is 0 Å². The molecule has 3 heterocycles. The van der Waals surface area contributed by atoms with Crippen LogP contribution in [0.1, 0.15) is 17.2 Å². The number of halogens is 3. The van der Waals surface area contributed by atoms with Gasteiger partial charge in [-0.3, -0.25) is 10.00 Å². The van der Waals surface area contributed by atoms with Gasteiger partial charge in [-0.2, -0.15) is 18.3 Å². The second-order valence-corrected chi connectivity index (χ2v) is 5.50. The van der Waals surface area contributed by atoms with E-state index in [1.54, 1.807) is 0 Å². The Morgan fingerprint density at radius 1 is 1.22 bits per heavy atom. The summed E-state index contributed by atoms with van der Waals surface area (Å²) in [6.07, 6.45) is -3.13. The highest BCUT2D eigenvalue weighted by molar-refractivity contribution is 5.42. The van der Waals surface area contributed by atoms with Crippen molar-refractivity contribution in [2.24, 2.45) is 0 Å². The molecule has 1 aliphatic rings. The maximum Gasteiger partial charge on any atom is 0.416 e. The summed E-state index contributed by atoms with van der Waals surface area (Å²) in [4.78, 5) is 12.4. The number of aromatic amines is 1. The Kier molecular flexibility index (Phi) is 4.20. The van der Waals surface area contributed by atoms with Crippen molar-refractivity contribution in [3.05, 3.63) is 35.5 Å². The van der Waals surface area contributed by atoms with E-state index in [0.29, 0.717) is 25.5 Å². The minimum atomic E-state index is -4.34. The third-order valence-corrected chi connectivity index (χ3v) is 3.78. The first kappa shape index (κ1) is 15.7. The van der Waals surface area contributed by atoms with Crippen LogP contribution in [-0.4, -0.2) is 51.2 Å². The molecule has 0 unspecified atom stereocenters. The van der Waals surface area contributed by atoms with Gasteiger partial charge in [0.15, 0.2) is 5.82 Å². The molecule has 0 amide bonds. The van der Waals surface area contributed by atoms with Crippen LogP contribution in [0.15, 0.2) is 18.3 Å². The summed E-state index contributed by atoms with van der Waals surface area (Å²) in [6.45, 7) is 5.18. The Labute approximate surface area is 131 Å². The summed E-state index contributed by atoms with van der Waals surface area (Å²) in [6, 6.07) is 2.10. The largest absolute Gasteiger partial charge is 0.416 e. The monoisotopic (exact) mass is 326 g/mol. The fourth-order valence-corrected chi connectivity index (χ4v) is 2.56. The number of H-pyrrole nitrogens is 1. The maximum atomic E-state index is 12.8. The van der Waals surface area contributed by atoms with Gasteiger partial charge in [0.05, 0.1) is 12.1 Å². The average Bonchev–Trinajstić information content (AvgIpc) is 2.92. The van der Waals surface area contributed by atoms with Gasteiger partial charge in [-0.25, -0.2) is 9.97 Å². The molecule has 2 aromatic rings. The number of hydrogen-bond acceptors (Lipinski definition) is 5. The molecule has 0 aliphatic carbocycles. The smallest absolute Gasteiger partial charge is 0.354 e. The van der Waals surface area contributed by atoms with E-state index in [-0.39, 0.29) is 0 Å². The highest BCUT2D eigenvalue weighted by Crippen LogP contribution is 2.30. The van der Waals surface area contributed by atoms with Crippen molar-refractivity contribution >= 4 is 5.82 Å². The van der Waals surface area contributed by atoms with Crippen molar-refractivity contribution in [2.45, 2.75) is 19.6 Å². The second kappa shape index (κ2) is 6.15. The summed E-state index contributed by atoms with van der Waals surface area (Å²) in [5.41, 5.74) is -0.666. The van der Waals surface area contributed by atoms with Gasteiger partial charge in [0.1, 0.15) is 11.6 Å². The zero-order valence-corrected chi connectivity index (χ0v) is 12.6. The molecule has 0 atom stereocenters. The first-order valence-corrected chi connectivity index (χ1v) is 7.30. The molecule has 2 aromatic heterocycles. The zero-order valence-electron chi connectivity index (χ0n) is 12.6. The lowest BCUT2D eigenvalue weighted by molar-refractivity contribution is -0.137. The van der Waals surface area contributed by atoms with Gasteiger partial charge in [0, 0.05) is 32.4 Å². The van der Waals surface area contributed by atoms with Crippen LogP contribution in [0.5, 0.6) is 0 Å². The number of pyridine rings is 1. The van der Waals surface area contributed by atoms with Crippen LogP contribution in [0, 0.1) is 6.92 Å². The van der Waals surface area contributed by atoms with Crippen molar-refractivity contribution in [2.75, 3.05) is 31.1 Å². The molecule has 23 heavy (non-hydrogen) atoms. The van der Waals surface area contributed by atoms with Crippen LogP contribution in [0.25, 0.3) is 0 Å². The second-order valence-electron chi connectivity index (χ2n) is 5.50. The predicted molar refractivity (Wildman–Crippen MR) is 77.8 cm³/mol. The van der Waals surface area contributed by atoms with Crippen LogP contribution in [0.3, 0.4) is 0 Å². The van der Waals surface area contributed by atoms with Crippen LogP contribution in [-0.2, 0) is 12.7 Å². The zero-order chi connectivity index (χ0) is 16.4. The number of rotatable bonds is 3. The van der Waals surface area contributed by atoms with E-state index >= 15 is 0 Å². The fraction of sp³-hybridized carbons (Fsp3) is 0.500. The summed E-state index contributed by atoms with van der Waals surface area (Å²) in [5.74, 6) is 1.87. The topological polar surface area (TPSA) is 60.9 Å². The van der Waals surface area contributed by atoms with E-state index < -0.39 is 11.7 Å². The number of aromatic nitrogens is 4. The van der Waals surface area contributed by atoms with Crippen LogP contribution >= 0.6 is 0 Å². The number of anilines is 1. The molecule has 1 fully saturated rings. The number of hydrogen-bond donors (Lipinski definition) is 1. The molecule has 6 nitrogen and oxygen atoms in total. The molecule has 1 N–H and O–H groups in total. The normalized spacial score (nSPS) is 16.8. The van der Waals surface area contributed by atoms with Crippen molar-refractivity contribution < 1.29 is 13.2 Å². The van der Waals surface area contributed by atoms with E-state index in [2.05, 4.69) is 25.1 Å². The molecular formula is C14H17F3N6. The number of nitrogens with one attached hydrogen (secondary N) is 1. The molecule has 1 aliphatic heterocycles. The lowest BCUT2D eigenvalue weighted by atomic mass is 10.2. The third-order valence-electron chi connectivity index (χ3n) is 3.78. The van der Waals surface area contributed by atoms with E-state index in [4.69, 9.17) is 0 Å². The average molecular weight is 326 g/mol. The van der Waals surface area contributed by atoms with Gasteiger partial charge in [-0.1, -0.05) is 0 Å². The quantitative estimate of drug-likeness (QED) is 0.933. The van der Waals surface area contributed by atoms with E-state index in [1.165, 1.54) is 6.20 Å². The van der Waals surface area contributed by atoms with E-state index in [0.717, 1.165) is 36.9 Å². The lowest BCUT2D eigenvalue weighted by Gasteiger charge is -2.35. The molecule has 3 rings (SSSR count). The first-order valence-electron chi connectivity index (χ1n) is 7.30. The molecule has 0 saturated carbocycles. The van der Waals surface area contributed by atoms with Crippen LogP contribution < -0.4 is 4.90 Å². The number of aryl methyl sites for hydroxylation is 1. The van der Waals surface area contributed by atoms with Gasteiger partial charge in [-0.05, 0) is 19.1 Å². The minimum Gasteiger partial charge on any atom is -0.354 e. The molecule has 124 valence electrons. The Morgan fingerprint density at radius 3 is 2.57 bits per heavy atom. The van der Waals surface area contributed by atoms with Gasteiger partial charge in [-0.15, -0.1) is 0 Å². The molecule has 0 spiro atoms. The molecule has 1 saturated heterocycles. The SMILES string of the molecule is Cc1nc(CN2CCN(c3cc(C(F)(F)F)ccn3)CC2)n[nH]1. The Morgan fingerprint density at radius 2 is 1.96 bits per heavy atom.